The molecule has 0 aliphatic carbocycles. The van der Waals surface area contributed by atoms with Gasteiger partial charge in [-0.25, -0.2) is 0 Å². The van der Waals surface area contributed by atoms with Crippen molar-refractivity contribution in [2.45, 2.75) is 19.1 Å². The summed E-state index contributed by atoms with van der Waals surface area (Å²) in [5.74, 6) is -0.0711. The fourth-order valence-corrected chi connectivity index (χ4v) is 2.29. The molecule has 1 amide bonds. The summed E-state index contributed by atoms with van der Waals surface area (Å²) >= 11 is 5.11. The highest BCUT2D eigenvalue weighted by molar-refractivity contribution is 7.71. The highest BCUT2D eigenvalue weighted by Crippen LogP contribution is 2.31. The van der Waals surface area contributed by atoms with E-state index in [4.69, 9.17) is 12.2 Å². The molecule has 21 heavy (non-hydrogen) atoms. The number of benzene rings is 1. The first-order chi connectivity index (χ1) is 9.70. The van der Waals surface area contributed by atoms with Gasteiger partial charge >= 0.3 is 6.18 Å². The number of imidazole rings is 1. The maximum absolute atomic E-state index is 12.7. The molecule has 0 aliphatic rings. The molecular weight excluding hydrogens is 303 g/mol. The summed E-state index contributed by atoms with van der Waals surface area (Å²) in [6.07, 6.45) is -4.16. The van der Waals surface area contributed by atoms with Crippen LogP contribution in [0.1, 0.15) is 12.0 Å². The van der Waals surface area contributed by atoms with Gasteiger partial charge in [0.1, 0.15) is 0 Å². The van der Waals surface area contributed by atoms with Crippen LogP contribution in [-0.2, 0) is 17.5 Å². The number of alkyl halides is 3. The van der Waals surface area contributed by atoms with Crippen molar-refractivity contribution in [3.63, 3.8) is 0 Å². The highest BCUT2D eigenvalue weighted by atomic mass is 32.1. The van der Waals surface area contributed by atoms with Gasteiger partial charge in [0.2, 0.25) is 5.91 Å². The molecule has 0 saturated carbocycles. The Balaban J connectivity index is 2.36. The van der Waals surface area contributed by atoms with Crippen molar-refractivity contribution >= 4 is 29.2 Å². The number of aromatic nitrogens is 2. The van der Waals surface area contributed by atoms with Crippen LogP contribution in [0.4, 0.5) is 13.2 Å². The monoisotopic (exact) mass is 317 g/mol. The zero-order chi connectivity index (χ0) is 15.8. The number of carbonyl (C=O) groups excluding carboxylic acids is 1. The number of rotatable bonds is 3. The van der Waals surface area contributed by atoms with Gasteiger partial charge < -0.3 is 14.5 Å². The van der Waals surface area contributed by atoms with E-state index in [-0.39, 0.29) is 12.3 Å². The van der Waals surface area contributed by atoms with Crippen LogP contribution in [-0.4, -0.2) is 34.5 Å². The van der Waals surface area contributed by atoms with E-state index >= 15 is 0 Å². The number of aromatic amines is 1. The quantitative estimate of drug-likeness (QED) is 0.883. The van der Waals surface area contributed by atoms with Gasteiger partial charge in [-0.2, -0.15) is 13.2 Å². The van der Waals surface area contributed by atoms with Crippen molar-refractivity contribution in [3.8, 4) is 0 Å². The number of hydrogen-bond acceptors (Lipinski definition) is 2. The lowest BCUT2D eigenvalue weighted by Crippen LogP contribution is -2.22. The Labute approximate surface area is 124 Å². The summed E-state index contributed by atoms with van der Waals surface area (Å²) in [4.78, 5) is 15.8. The van der Waals surface area contributed by atoms with E-state index < -0.39 is 11.7 Å². The Kier molecular flexibility index (Phi) is 4.08. The maximum atomic E-state index is 12.7. The lowest BCUT2D eigenvalue weighted by molar-refractivity contribution is -0.137. The third-order valence-corrected chi connectivity index (χ3v) is 3.47. The lowest BCUT2D eigenvalue weighted by atomic mass is 10.2. The summed E-state index contributed by atoms with van der Waals surface area (Å²) in [6.45, 7) is 0.321. The van der Waals surface area contributed by atoms with Gasteiger partial charge in [0, 0.05) is 27.1 Å². The summed E-state index contributed by atoms with van der Waals surface area (Å²) in [7, 11) is 3.29. The van der Waals surface area contributed by atoms with Crippen LogP contribution in [0.3, 0.4) is 0 Å². The third-order valence-electron chi connectivity index (χ3n) is 3.15. The fraction of sp³-hybridized carbons (Fsp3) is 0.385. The average molecular weight is 317 g/mol. The Morgan fingerprint density at radius 3 is 2.62 bits per heavy atom. The normalized spacial score (nSPS) is 11.9. The molecule has 0 spiro atoms. The number of aryl methyl sites for hydroxylation is 1. The van der Waals surface area contributed by atoms with Gasteiger partial charge in [-0.05, 0) is 30.4 Å². The summed E-state index contributed by atoms with van der Waals surface area (Å²) < 4.78 is 39.9. The molecule has 114 valence electrons. The molecule has 1 N–H and O–H groups in total. The zero-order valence-electron chi connectivity index (χ0n) is 11.5. The molecule has 8 heteroatoms. The molecule has 2 rings (SSSR count). The van der Waals surface area contributed by atoms with Crippen LogP contribution in [0.15, 0.2) is 18.2 Å². The summed E-state index contributed by atoms with van der Waals surface area (Å²) in [5, 5.41) is 0. The average Bonchev–Trinajstić information content (AvgIpc) is 2.69. The number of halogens is 3. The van der Waals surface area contributed by atoms with Crippen LogP contribution < -0.4 is 0 Å². The number of amides is 1. The van der Waals surface area contributed by atoms with Crippen LogP contribution in [0.25, 0.3) is 11.0 Å². The van der Waals surface area contributed by atoms with E-state index in [0.717, 1.165) is 12.1 Å². The van der Waals surface area contributed by atoms with E-state index in [1.165, 1.54) is 11.0 Å². The van der Waals surface area contributed by atoms with Gasteiger partial charge in [-0.1, -0.05) is 0 Å². The predicted octanol–water partition coefficient (Wildman–Crippen LogP) is 3.20. The third kappa shape index (κ3) is 3.26. The molecule has 1 aromatic carbocycles. The van der Waals surface area contributed by atoms with E-state index in [9.17, 15) is 18.0 Å². The number of hydrogen-bond donors (Lipinski definition) is 1. The SMILES string of the molecule is CN(C)C(=O)CCn1c(=S)[nH]c2cc(C(F)(F)F)ccc21. The molecule has 0 saturated heterocycles. The minimum atomic E-state index is -4.40. The number of nitrogens with zero attached hydrogens (tertiary/aromatic N) is 2. The second kappa shape index (κ2) is 5.51. The molecule has 0 fully saturated rings. The van der Waals surface area contributed by atoms with Crippen molar-refractivity contribution in [1.29, 1.82) is 0 Å². The Morgan fingerprint density at radius 1 is 1.38 bits per heavy atom. The van der Waals surface area contributed by atoms with Crippen LogP contribution in [0.2, 0.25) is 0 Å². The molecule has 4 nitrogen and oxygen atoms in total. The number of carbonyl (C=O) groups is 1. The van der Waals surface area contributed by atoms with Crippen LogP contribution in [0, 0.1) is 4.77 Å². The van der Waals surface area contributed by atoms with Crippen LogP contribution >= 0.6 is 12.2 Å². The van der Waals surface area contributed by atoms with Crippen molar-refractivity contribution < 1.29 is 18.0 Å². The smallest absolute Gasteiger partial charge is 0.349 e. The van der Waals surface area contributed by atoms with Crippen molar-refractivity contribution in [2.24, 2.45) is 0 Å². The van der Waals surface area contributed by atoms with Crippen molar-refractivity contribution in [2.75, 3.05) is 14.1 Å². The topological polar surface area (TPSA) is 41.0 Å². The molecule has 0 atom stereocenters. The van der Waals surface area contributed by atoms with Crippen molar-refractivity contribution in [3.05, 3.63) is 28.5 Å². The maximum Gasteiger partial charge on any atom is 0.416 e. The van der Waals surface area contributed by atoms with Crippen molar-refractivity contribution in [1.82, 2.24) is 14.5 Å². The Hall–Kier alpha value is -1.83. The lowest BCUT2D eigenvalue weighted by Gasteiger charge is -2.11. The molecule has 1 heterocycles. The zero-order valence-corrected chi connectivity index (χ0v) is 12.3. The number of H-pyrrole nitrogens is 1. The first kappa shape index (κ1) is 15.6. The molecule has 2 aromatic rings. The van der Waals surface area contributed by atoms with Gasteiger partial charge in [0.25, 0.3) is 0 Å². The fourth-order valence-electron chi connectivity index (χ4n) is 1.99. The summed E-state index contributed by atoms with van der Waals surface area (Å²) in [6, 6.07) is 3.40. The van der Waals surface area contributed by atoms with E-state index in [1.54, 1.807) is 18.7 Å². The largest absolute Gasteiger partial charge is 0.416 e. The number of fused-ring (bicyclic) bond motifs is 1. The molecule has 1 aromatic heterocycles. The minimum Gasteiger partial charge on any atom is -0.349 e. The van der Waals surface area contributed by atoms with Gasteiger partial charge in [-0.3, -0.25) is 4.79 Å². The second-order valence-corrected chi connectivity index (χ2v) is 5.24. The minimum absolute atomic E-state index is 0.0711. The Morgan fingerprint density at radius 2 is 2.05 bits per heavy atom. The molecule has 0 unspecified atom stereocenters. The molecule has 0 aliphatic heterocycles. The van der Waals surface area contributed by atoms with Gasteiger partial charge in [0.05, 0.1) is 16.6 Å². The second-order valence-electron chi connectivity index (χ2n) is 4.85. The van der Waals surface area contributed by atoms with Crippen LogP contribution in [0.5, 0.6) is 0 Å². The first-order valence-electron chi connectivity index (χ1n) is 6.20. The van der Waals surface area contributed by atoms with E-state index in [2.05, 4.69) is 4.98 Å². The van der Waals surface area contributed by atoms with E-state index in [0.29, 0.717) is 22.3 Å². The summed E-state index contributed by atoms with van der Waals surface area (Å²) in [5.41, 5.74) is 0.134. The molecule has 0 radical (unpaired) electrons. The van der Waals surface area contributed by atoms with E-state index in [1.807, 2.05) is 0 Å². The number of nitrogens with one attached hydrogen (secondary N) is 1. The van der Waals surface area contributed by atoms with Gasteiger partial charge in [0.15, 0.2) is 4.77 Å². The molecular formula is C13H14F3N3OS. The first-order valence-corrected chi connectivity index (χ1v) is 6.61. The van der Waals surface area contributed by atoms with Gasteiger partial charge in [-0.15, -0.1) is 0 Å². The molecule has 0 bridgehead atoms. The standard InChI is InChI=1S/C13H14F3N3OS/c1-18(2)11(20)5-6-19-10-4-3-8(13(14,15)16)7-9(10)17-12(19)21/h3-4,7H,5-6H2,1-2H3,(H,17,21). The Bertz CT molecular complexity index is 730. The predicted molar refractivity (Wildman–Crippen MR) is 75.4 cm³/mol. The highest BCUT2D eigenvalue weighted by Gasteiger charge is 2.30.